The molecule has 0 bridgehead atoms. The topological polar surface area (TPSA) is 17.1 Å². The summed E-state index contributed by atoms with van der Waals surface area (Å²) in [6.07, 6.45) is 0.225. The Bertz CT molecular complexity index is 515. The highest BCUT2D eigenvalue weighted by molar-refractivity contribution is 6.36. The lowest BCUT2D eigenvalue weighted by atomic mass is 10.0. The summed E-state index contributed by atoms with van der Waals surface area (Å²) in [5.74, 6) is 0.0144. The third-order valence-corrected chi connectivity index (χ3v) is 3.20. The number of benzene rings is 2. The van der Waals surface area contributed by atoms with E-state index in [9.17, 15) is 4.79 Å². The number of rotatable bonds is 3. The van der Waals surface area contributed by atoms with Gasteiger partial charge in [-0.15, -0.1) is 0 Å². The summed E-state index contributed by atoms with van der Waals surface area (Å²) >= 11 is 12.0. The molecule has 1 nitrogen and oxygen atoms in total. The van der Waals surface area contributed by atoms with Gasteiger partial charge in [0.1, 0.15) is 0 Å². The van der Waals surface area contributed by atoms with Crippen LogP contribution in [0.1, 0.15) is 15.9 Å². The van der Waals surface area contributed by atoms with Gasteiger partial charge in [-0.25, -0.2) is 0 Å². The minimum absolute atomic E-state index is 0.0144. The number of ketones is 1. The molecule has 0 aliphatic carbocycles. The number of carbonyl (C=O) groups is 1. The van der Waals surface area contributed by atoms with E-state index in [1.54, 1.807) is 30.3 Å². The van der Waals surface area contributed by atoms with Gasteiger partial charge in [0.25, 0.3) is 0 Å². The summed E-state index contributed by atoms with van der Waals surface area (Å²) in [5, 5.41) is 1.06. The molecule has 0 saturated heterocycles. The van der Waals surface area contributed by atoms with Crippen molar-refractivity contribution >= 4 is 29.0 Å². The molecule has 0 spiro atoms. The molecule has 0 aromatic heterocycles. The van der Waals surface area contributed by atoms with Gasteiger partial charge >= 0.3 is 0 Å². The van der Waals surface area contributed by atoms with Crippen LogP contribution in [0.25, 0.3) is 0 Å². The molecule has 0 aliphatic rings. The zero-order chi connectivity index (χ0) is 12.3. The van der Waals surface area contributed by atoms with Crippen LogP contribution in [0.5, 0.6) is 0 Å². The van der Waals surface area contributed by atoms with E-state index in [0.29, 0.717) is 21.2 Å². The van der Waals surface area contributed by atoms with Crippen molar-refractivity contribution in [2.45, 2.75) is 6.42 Å². The molecule has 0 N–H and O–H groups in total. The summed E-state index contributed by atoms with van der Waals surface area (Å²) in [7, 11) is 0. The smallest absolute Gasteiger partial charge is 0.167 e. The van der Waals surface area contributed by atoms with Gasteiger partial charge in [-0.05, 0) is 17.7 Å². The SMILES string of the molecule is O=C(Cc1c(Cl)cccc1Cl)c1ccccc1. The average molecular weight is 265 g/mol. The van der Waals surface area contributed by atoms with Crippen LogP contribution in [-0.4, -0.2) is 5.78 Å². The van der Waals surface area contributed by atoms with E-state index < -0.39 is 0 Å². The molecule has 86 valence electrons. The molecule has 0 fully saturated rings. The summed E-state index contributed by atoms with van der Waals surface area (Å²) in [4.78, 5) is 12.0. The molecule has 0 amide bonds. The summed E-state index contributed by atoms with van der Waals surface area (Å²) < 4.78 is 0. The lowest BCUT2D eigenvalue weighted by Gasteiger charge is -2.06. The number of hydrogen-bond acceptors (Lipinski definition) is 1. The molecule has 0 radical (unpaired) electrons. The third-order valence-electron chi connectivity index (χ3n) is 2.49. The first-order valence-electron chi connectivity index (χ1n) is 5.19. The van der Waals surface area contributed by atoms with E-state index in [1.165, 1.54) is 0 Å². The highest BCUT2D eigenvalue weighted by Crippen LogP contribution is 2.25. The Kier molecular flexibility index (Phi) is 3.82. The summed E-state index contributed by atoms with van der Waals surface area (Å²) in [6.45, 7) is 0. The molecule has 17 heavy (non-hydrogen) atoms. The predicted molar refractivity (Wildman–Crippen MR) is 70.9 cm³/mol. The number of Topliss-reactive ketones (excluding diaryl/α,β-unsaturated/α-hetero) is 1. The van der Waals surface area contributed by atoms with Gasteiger partial charge in [0, 0.05) is 22.0 Å². The van der Waals surface area contributed by atoms with Gasteiger partial charge in [-0.1, -0.05) is 59.6 Å². The first-order chi connectivity index (χ1) is 8.18. The zero-order valence-electron chi connectivity index (χ0n) is 8.99. The van der Waals surface area contributed by atoms with Crippen molar-refractivity contribution in [3.63, 3.8) is 0 Å². The average Bonchev–Trinajstić information content (AvgIpc) is 2.35. The minimum Gasteiger partial charge on any atom is -0.294 e. The van der Waals surface area contributed by atoms with Gasteiger partial charge in [0.15, 0.2) is 5.78 Å². The monoisotopic (exact) mass is 264 g/mol. The Morgan fingerprint density at radius 2 is 1.47 bits per heavy atom. The van der Waals surface area contributed by atoms with Gasteiger partial charge in [0.05, 0.1) is 0 Å². The second kappa shape index (κ2) is 5.35. The van der Waals surface area contributed by atoms with E-state index in [1.807, 2.05) is 18.2 Å². The molecule has 2 rings (SSSR count). The molecule has 0 aliphatic heterocycles. The second-order valence-electron chi connectivity index (χ2n) is 3.67. The lowest BCUT2D eigenvalue weighted by Crippen LogP contribution is -2.04. The standard InChI is InChI=1S/C14H10Cl2O/c15-12-7-4-8-13(16)11(12)9-14(17)10-5-2-1-3-6-10/h1-8H,9H2. The molecular formula is C14H10Cl2O. The molecule has 0 saturated carbocycles. The second-order valence-corrected chi connectivity index (χ2v) is 4.48. The first-order valence-corrected chi connectivity index (χ1v) is 5.95. The fraction of sp³-hybridized carbons (Fsp3) is 0.0714. The van der Waals surface area contributed by atoms with Gasteiger partial charge in [0.2, 0.25) is 0 Å². The van der Waals surface area contributed by atoms with Crippen LogP contribution in [0, 0.1) is 0 Å². The van der Waals surface area contributed by atoms with Gasteiger partial charge < -0.3 is 0 Å². The Labute approximate surface area is 110 Å². The van der Waals surface area contributed by atoms with Gasteiger partial charge in [-0.3, -0.25) is 4.79 Å². The molecule has 0 heterocycles. The minimum atomic E-state index is 0.0144. The van der Waals surface area contributed by atoms with E-state index in [0.717, 1.165) is 0 Å². The Balaban J connectivity index is 2.25. The summed E-state index contributed by atoms with van der Waals surface area (Å²) in [6, 6.07) is 14.4. The van der Waals surface area contributed by atoms with Crippen molar-refractivity contribution in [2.75, 3.05) is 0 Å². The van der Waals surface area contributed by atoms with Crippen LogP contribution in [0.3, 0.4) is 0 Å². The lowest BCUT2D eigenvalue weighted by molar-refractivity contribution is 0.0993. The number of halogens is 2. The van der Waals surface area contributed by atoms with E-state index in [-0.39, 0.29) is 12.2 Å². The Hall–Kier alpha value is -1.31. The van der Waals surface area contributed by atoms with E-state index in [4.69, 9.17) is 23.2 Å². The van der Waals surface area contributed by atoms with Crippen molar-refractivity contribution in [1.82, 2.24) is 0 Å². The maximum absolute atomic E-state index is 12.0. The fourth-order valence-corrected chi connectivity index (χ4v) is 2.12. The van der Waals surface area contributed by atoms with Crippen molar-refractivity contribution in [3.8, 4) is 0 Å². The number of hydrogen-bond donors (Lipinski definition) is 0. The predicted octanol–water partition coefficient (Wildman–Crippen LogP) is 4.42. The van der Waals surface area contributed by atoms with Crippen molar-refractivity contribution in [1.29, 1.82) is 0 Å². The number of carbonyl (C=O) groups excluding carboxylic acids is 1. The van der Waals surface area contributed by atoms with Crippen molar-refractivity contribution < 1.29 is 4.79 Å². The Morgan fingerprint density at radius 3 is 2.06 bits per heavy atom. The van der Waals surface area contributed by atoms with E-state index >= 15 is 0 Å². The highest BCUT2D eigenvalue weighted by atomic mass is 35.5. The molecule has 0 unspecified atom stereocenters. The van der Waals surface area contributed by atoms with Crippen LogP contribution < -0.4 is 0 Å². The van der Waals surface area contributed by atoms with E-state index in [2.05, 4.69) is 0 Å². The van der Waals surface area contributed by atoms with Crippen LogP contribution in [0.15, 0.2) is 48.5 Å². The highest BCUT2D eigenvalue weighted by Gasteiger charge is 2.11. The normalized spacial score (nSPS) is 10.2. The zero-order valence-corrected chi connectivity index (χ0v) is 10.5. The maximum atomic E-state index is 12.0. The molecule has 2 aromatic rings. The van der Waals surface area contributed by atoms with Crippen molar-refractivity contribution in [2.24, 2.45) is 0 Å². The molecule has 0 atom stereocenters. The van der Waals surface area contributed by atoms with Crippen LogP contribution in [0.4, 0.5) is 0 Å². The molecule has 2 aromatic carbocycles. The Morgan fingerprint density at radius 1 is 0.882 bits per heavy atom. The van der Waals surface area contributed by atoms with Crippen LogP contribution >= 0.6 is 23.2 Å². The molecular weight excluding hydrogens is 255 g/mol. The summed E-state index contributed by atoms with van der Waals surface area (Å²) in [5.41, 5.74) is 1.35. The van der Waals surface area contributed by atoms with Crippen LogP contribution in [0.2, 0.25) is 10.0 Å². The fourth-order valence-electron chi connectivity index (χ4n) is 1.59. The third kappa shape index (κ3) is 2.87. The largest absolute Gasteiger partial charge is 0.294 e. The van der Waals surface area contributed by atoms with Gasteiger partial charge in [-0.2, -0.15) is 0 Å². The quantitative estimate of drug-likeness (QED) is 0.751. The maximum Gasteiger partial charge on any atom is 0.167 e. The molecule has 3 heteroatoms. The van der Waals surface area contributed by atoms with Crippen molar-refractivity contribution in [3.05, 3.63) is 69.7 Å². The first kappa shape index (κ1) is 12.2. The van der Waals surface area contributed by atoms with Crippen LogP contribution in [-0.2, 0) is 6.42 Å².